The fourth-order valence-electron chi connectivity index (χ4n) is 2.33. The van der Waals surface area contributed by atoms with Gasteiger partial charge in [0.1, 0.15) is 18.3 Å². The molecule has 180 valence electrons. The molecule has 0 aromatic heterocycles. The van der Waals surface area contributed by atoms with Crippen LogP contribution < -0.4 is 0 Å². The Hall–Kier alpha value is -3.08. The summed E-state index contributed by atoms with van der Waals surface area (Å²) >= 11 is 0. The van der Waals surface area contributed by atoms with Gasteiger partial charge in [0.05, 0.1) is 0 Å². The molecule has 9 heteroatoms. The van der Waals surface area contributed by atoms with Crippen molar-refractivity contribution < 1.29 is 44.6 Å². The van der Waals surface area contributed by atoms with Gasteiger partial charge in [0.15, 0.2) is 6.29 Å². The Bertz CT molecular complexity index is 890. The molecule has 0 radical (unpaired) electrons. The van der Waals surface area contributed by atoms with Gasteiger partial charge in [-0.15, -0.1) is 0 Å². The molecule has 1 aliphatic rings. The van der Waals surface area contributed by atoms with E-state index in [4.69, 9.17) is 14.6 Å². The van der Waals surface area contributed by atoms with E-state index in [2.05, 4.69) is 0 Å². The first-order valence-corrected chi connectivity index (χ1v) is 10.1. The third-order valence-corrected chi connectivity index (χ3v) is 4.39. The van der Waals surface area contributed by atoms with Crippen LogP contribution in [0.2, 0.25) is 0 Å². The molecular formula is C24H30O9. The average Bonchev–Trinajstić information content (AvgIpc) is 2.77. The highest BCUT2D eigenvalue weighted by molar-refractivity contribution is 5.88. The molecular weight excluding hydrogens is 432 g/mol. The lowest BCUT2D eigenvalue weighted by atomic mass is 10.0. The number of hydrogen-bond donors (Lipinski definition) is 5. The fraction of sp³-hybridized carbons (Fsp3) is 0.333. The minimum Gasteiger partial charge on any atom is -0.478 e. The maximum Gasteiger partial charge on any atom is 0.336 e. The number of aliphatic carboxylic acids is 1. The molecule has 9 nitrogen and oxygen atoms in total. The topological polar surface area (TPSA) is 154 Å². The van der Waals surface area contributed by atoms with E-state index in [1.807, 2.05) is 19.1 Å². The summed E-state index contributed by atoms with van der Waals surface area (Å²) in [5, 5.41) is 47.0. The summed E-state index contributed by atoms with van der Waals surface area (Å²) in [5.41, 5.74) is 1.36. The summed E-state index contributed by atoms with van der Waals surface area (Å²) in [6.07, 6.45) is 10.1. The smallest absolute Gasteiger partial charge is 0.336 e. The number of carboxylic acid groups (broad SMARTS) is 1. The van der Waals surface area contributed by atoms with E-state index in [0.717, 1.165) is 5.57 Å². The molecule has 0 amide bonds. The van der Waals surface area contributed by atoms with Crippen molar-refractivity contribution in [2.24, 2.45) is 0 Å². The van der Waals surface area contributed by atoms with Crippen molar-refractivity contribution >= 4 is 11.9 Å². The lowest BCUT2D eigenvalue weighted by molar-refractivity contribution is -0.330. The highest BCUT2D eigenvalue weighted by Crippen LogP contribution is 2.21. The summed E-state index contributed by atoms with van der Waals surface area (Å²) in [6.45, 7) is 4.87. The summed E-state index contributed by atoms with van der Waals surface area (Å²) in [5.74, 6) is -1.79. The predicted molar refractivity (Wildman–Crippen MR) is 120 cm³/mol. The third-order valence-electron chi connectivity index (χ3n) is 4.39. The second-order valence-corrected chi connectivity index (χ2v) is 7.20. The number of carboxylic acids is 1. The standard InChI is InChI=1S/C24H30O9/c1-15(12-10-14-16(2)21(28)29)11-8-6-4-5-7-9-13-17(3)22(30)32-24-20(27)18(25)19(26)23(31)33-24/h4-14,18-20,23-27,31H,1-3H3,(H,28,29)/b5-4+,8-6+,9-7+,12-10+,15-11+,16-14+,17-13+/t18-,19-,20+,23-,24+/m0/s1. The lowest BCUT2D eigenvalue weighted by Crippen LogP contribution is -2.58. The van der Waals surface area contributed by atoms with Gasteiger partial charge in [0.25, 0.3) is 0 Å². The van der Waals surface area contributed by atoms with Crippen LogP contribution >= 0.6 is 0 Å². The maximum absolute atomic E-state index is 12.1. The average molecular weight is 462 g/mol. The number of aliphatic hydroxyl groups excluding tert-OH is 4. The zero-order chi connectivity index (χ0) is 25.0. The van der Waals surface area contributed by atoms with Crippen molar-refractivity contribution in [2.45, 2.75) is 51.7 Å². The number of ether oxygens (including phenoxy) is 2. The van der Waals surface area contributed by atoms with Crippen LogP contribution in [-0.2, 0) is 19.1 Å². The number of hydrogen-bond acceptors (Lipinski definition) is 8. The van der Waals surface area contributed by atoms with Crippen LogP contribution in [0.25, 0.3) is 0 Å². The number of carbonyl (C=O) groups is 2. The Balaban J connectivity index is 2.51. The van der Waals surface area contributed by atoms with Crippen LogP contribution in [0, 0.1) is 0 Å². The number of esters is 1. The van der Waals surface area contributed by atoms with Crippen LogP contribution in [0.1, 0.15) is 20.8 Å². The van der Waals surface area contributed by atoms with Crippen LogP contribution in [0.15, 0.2) is 83.6 Å². The predicted octanol–water partition coefficient (Wildman–Crippen LogP) is 1.44. The largest absolute Gasteiger partial charge is 0.478 e. The summed E-state index contributed by atoms with van der Waals surface area (Å²) in [6, 6.07) is 0. The first kappa shape index (κ1) is 28.0. The van der Waals surface area contributed by atoms with Gasteiger partial charge in [-0.05, 0) is 20.8 Å². The molecule has 0 aliphatic carbocycles. The lowest BCUT2D eigenvalue weighted by Gasteiger charge is -2.37. The van der Waals surface area contributed by atoms with Crippen molar-refractivity contribution in [3.63, 3.8) is 0 Å². The Morgan fingerprint density at radius 3 is 1.88 bits per heavy atom. The van der Waals surface area contributed by atoms with E-state index in [-0.39, 0.29) is 11.1 Å². The second kappa shape index (κ2) is 14.1. The Morgan fingerprint density at radius 2 is 1.27 bits per heavy atom. The minimum absolute atomic E-state index is 0.179. The van der Waals surface area contributed by atoms with Crippen molar-refractivity contribution in [3.05, 3.63) is 83.6 Å². The molecule has 0 spiro atoms. The van der Waals surface area contributed by atoms with Gasteiger partial charge in [-0.25, -0.2) is 9.59 Å². The van der Waals surface area contributed by atoms with Gasteiger partial charge in [0.2, 0.25) is 6.29 Å². The highest BCUT2D eigenvalue weighted by atomic mass is 16.8. The van der Waals surface area contributed by atoms with E-state index in [1.54, 1.807) is 42.5 Å². The SMILES string of the molecule is CC(/C=C/C=C(\C)C(=O)O)=C\C=C\C=C\C=C\C=C(/C)C(=O)O[C@@H]1O[C@H](O)[C@@H](O)[C@H](O)[C@H]1O. The van der Waals surface area contributed by atoms with Gasteiger partial charge in [-0.3, -0.25) is 0 Å². The summed E-state index contributed by atoms with van der Waals surface area (Å²) in [7, 11) is 0. The third kappa shape index (κ3) is 9.94. The van der Waals surface area contributed by atoms with Gasteiger partial charge in [-0.2, -0.15) is 0 Å². The first-order valence-electron chi connectivity index (χ1n) is 10.1. The molecule has 0 bridgehead atoms. The quantitative estimate of drug-likeness (QED) is 0.194. The number of carbonyl (C=O) groups excluding carboxylic acids is 1. The Labute approximate surface area is 192 Å². The van der Waals surface area contributed by atoms with Crippen LogP contribution in [0.4, 0.5) is 0 Å². The molecule has 5 N–H and O–H groups in total. The zero-order valence-electron chi connectivity index (χ0n) is 18.6. The van der Waals surface area contributed by atoms with E-state index < -0.39 is 42.8 Å². The summed E-state index contributed by atoms with van der Waals surface area (Å²) < 4.78 is 9.72. The normalized spacial score (nSPS) is 27.8. The van der Waals surface area contributed by atoms with Crippen LogP contribution in [-0.4, -0.2) is 68.4 Å². The molecule has 1 aliphatic heterocycles. The van der Waals surface area contributed by atoms with Gasteiger partial charge < -0.3 is 35.0 Å². The van der Waals surface area contributed by atoms with Gasteiger partial charge in [-0.1, -0.05) is 72.4 Å². The number of rotatable bonds is 9. The molecule has 0 aromatic rings. The van der Waals surface area contributed by atoms with Crippen LogP contribution in [0.5, 0.6) is 0 Å². The number of allylic oxidation sites excluding steroid dienone is 12. The van der Waals surface area contributed by atoms with Crippen molar-refractivity contribution in [3.8, 4) is 0 Å². The van der Waals surface area contributed by atoms with Gasteiger partial charge >= 0.3 is 11.9 Å². The number of aliphatic hydroxyl groups is 4. The van der Waals surface area contributed by atoms with E-state index in [0.29, 0.717) is 0 Å². The van der Waals surface area contributed by atoms with E-state index >= 15 is 0 Å². The molecule has 1 saturated heterocycles. The van der Waals surface area contributed by atoms with E-state index in [9.17, 15) is 30.0 Å². The van der Waals surface area contributed by atoms with Crippen LogP contribution in [0.3, 0.4) is 0 Å². The Kier molecular flexibility index (Phi) is 12.0. The molecule has 0 saturated carbocycles. The van der Waals surface area contributed by atoms with Crippen molar-refractivity contribution in [2.75, 3.05) is 0 Å². The van der Waals surface area contributed by atoms with Crippen molar-refractivity contribution in [1.29, 1.82) is 0 Å². The molecule has 1 fully saturated rings. The zero-order valence-corrected chi connectivity index (χ0v) is 18.6. The van der Waals surface area contributed by atoms with E-state index in [1.165, 1.54) is 26.0 Å². The molecule has 5 atom stereocenters. The highest BCUT2D eigenvalue weighted by Gasteiger charge is 2.45. The van der Waals surface area contributed by atoms with Crippen molar-refractivity contribution in [1.82, 2.24) is 0 Å². The molecule has 0 unspecified atom stereocenters. The fourth-order valence-corrected chi connectivity index (χ4v) is 2.33. The minimum atomic E-state index is -1.80. The van der Waals surface area contributed by atoms with Gasteiger partial charge in [0, 0.05) is 11.1 Å². The molecule has 1 heterocycles. The molecule has 33 heavy (non-hydrogen) atoms. The Morgan fingerprint density at radius 1 is 0.727 bits per heavy atom. The molecule has 0 aromatic carbocycles. The monoisotopic (exact) mass is 462 g/mol. The maximum atomic E-state index is 12.1. The summed E-state index contributed by atoms with van der Waals surface area (Å²) in [4.78, 5) is 22.7. The second-order valence-electron chi connectivity index (χ2n) is 7.20. The first-order chi connectivity index (χ1) is 15.5. The molecule has 1 rings (SSSR count).